The Morgan fingerprint density at radius 2 is 1.66 bits per heavy atom. The van der Waals surface area contributed by atoms with Crippen molar-refractivity contribution in [2.45, 2.75) is 13.0 Å². The molecule has 1 aromatic heterocycles. The van der Waals surface area contributed by atoms with Crippen molar-refractivity contribution in [1.82, 2.24) is 15.2 Å². The topological polar surface area (TPSA) is 68.4 Å². The molecule has 1 atom stereocenters. The van der Waals surface area contributed by atoms with E-state index in [2.05, 4.69) is 45.5 Å². The monoisotopic (exact) mass is 545 g/mol. The molecular weight excluding hydrogens is 515 g/mol. The maximum atomic E-state index is 14.2. The van der Waals surface area contributed by atoms with Gasteiger partial charge in [-0.15, -0.1) is 0 Å². The van der Waals surface area contributed by atoms with Gasteiger partial charge in [0.2, 0.25) is 5.91 Å². The number of halogens is 1. The van der Waals surface area contributed by atoms with E-state index >= 15 is 0 Å². The van der Waals surface area contributed by atoms with E-state index in [0.29, 0.717) is 11.1 Å². The van der Waals surface area contributed by atoms with Gasteiger partial charge in [-0.2, -0.15) is 0 Å². The predicted molar refractivity (Wildman–Crippen MR) is 159 cm³/mol. The quantitative estimate of drug-likeness (QED) is 0.277. The molecule has 1 radical (unpaired) electrons. The summed E-state index contributed by atoms with van der Waals surface area (Å²) >= 11 is 0. The summed E-state index contributed by atoms with van der Waals surface area (Å²) in [4.78, 5) is 32.7. The number of amides is 2. The van der Waals surface area contributed by atoms with Crippen LogP contribution in [0.15, 0.2) is 97.1 Å². The van der Waals surface area contributed by atoms with E-state index in [1.807, 2.05) is 53.4 Å². The number of para-hydroxylation sites is 1. The number of aromatic amines is 1. The van der Waals surface area contributed by atoms with Crippen LogP contribution in [0.3, 0.4) is 0 Å². The van der Waals surface area contributed by atoms with Crippen LogP contribution in [0.2, 0.25) is 0 Å². The first-order chi connectivity index (χ1) is 19.9. The summed E-state index contributed by atoms with van der Waals surface area (Å²) < 4.78 is 14.2. The number of carbonyl (C=O) groups excluding carboxylic acids is 2. The van der Waals surface area contributed by atoms with Crippen molar-refractivity contribution >= 4 is 28.4 Å². The molecular formula is C34H30FN4O2. The highest BCUT2D eigenvalue weighted by Crippen LogP contribution is 2.28. The largest absolute Gasteiger partial charge is 0.368 e. The van der Waals surface area contributed by atoms with Crippen LogP contribution in [0.25, 0.3) is 22.0 Å². The molecule has 41 heavy (non-hydrogen) atoms. The molecule has 1 aliphatic rings. The van der Waals surface area contributed by atoms with E-state index in [-0.39, 0.29) is 17.6 Å². The highest BCUT2D eigenvalue weighted by atomic mass is 19.1. The second kappa shape index (κ2) is 11.3. The van der Waals surface area contributed by atoms with Crippen LogP contribution in [0.4, 0.5) is 10.1 Å². The van der Waals surface area contributed by atoms with Gasteiger partial charge < -0.3 is 20.1 Å². The van der Waals surface area contributed by atoms with Crippen LogP contribution in [0, 0.1) is 11.9 Å². The average Bonchev–Trinajstić information content (AvgIpc) is 3.44. The molecule has 6 rings (SSSR count). The molecule has 0 spiro atoms. The number of H-pyrrole nitrogens is 1. The molecule has 205 valence electrons. The van der Waals surface area contributed by atoms with Gasteiger partial charge in [0.1, 0.15) is 5.82 Å². The molecule has 5 aromatic rings. The zero-order chi connectivity index (χ0) is 28.3. The second-order valence-corrected chi connectivity index (χ2v) is 10.3. The Balaban J connectivity index is 1.22. The number of hydrogen-bond acceptors (Lipinski definition) is 3. The van der Waals surface area contributed by atoms with E-state index in [1.54, 1.807) is 13.0 Å². The molecule has 1 saturated heterocycles. The summed E-state index contributed by atoms with van der Waals surface area (Å²) in [5.41, 5.74) is 5.74. The normalized spacial score (nSPS) is 14.2. The minimum atomic E-state index is -0.614. The minimum Gasteiger partial charge on any atom is -0.368 e. The minimum absolute atomic E-state index is 0.116. The lowest BCUT2D eigenvalue weighted by atomic mass is 10.0. The van der Waals surface area contributed by atoms with Crippen LogP contribution in [-0.4, -0.2) is 47.9 Å². The first-order valence-electron chi connectivity index (χ1n) is 13.7. The first-order valence-corrected chi connectivity index (χ1v) is 13.7. The molecule has 0 unspecified atom stereocenters. The molecule has 0 aliphatic carbocycles. The van der Waals surface area contributed by atoms with E-state index in [1.165, 1.54) is 18.2 Å². The van der Waals surface area contributed by atoms with Crippen molar-refractivity contribution in [2.24, 2.45) is 0 Å². The predicted octanol–water partition coefficient (Wildman–Crippen LogP) is 5.96. The maximum Gasteiger partial charge on any atom is 0.252 e. The lowest BCUT2D eigenvalue weighted by Gasteiger charge is -2.35. The lowest BCUT2D eigenvalue weighted by molar-refractivity contribution is -0.129. The maximum absolute atomic E-state index is 14.2. The third-order valence-electron chi connectivity index (χ3n) is 7.65. The van der Waals surface area contributed by atoms with Crippen molar-refractivity contribution in [3.63, 3.8) is 0 Å². The van der Waals surface area contributed by atoms with Crippen LogP contribution in [-0.2, 0) is 4.79 Å². The van der Waals surface area contributed by atoms with Gasteiger partial charge in [-0.3, -0.25) is 9.59 Å². The molecule has 2 amide bonds. The molecule has 4 aromatic carbocycles. The summed E-state index contributed by atoms with van der Waals surface area (Å²) in [7, 11) is 0. The van der Waals surface area contributed by atoms with E-state index in [9.17, 15) is 14.0 Å². The SMILES string of the molecule is CC(=O)N1CCN(c2ccc(-c3cccc(C(=O)N[C@H](c4[c]ccc(F)c4)c4cc5ccccc5[nH]4)c3)cc2)CC1. The fraction of sp³-hybridized carbons (Fsp3) is 0.176. The number of rotatable bonds is 6. The molecule has 2 N–H and O–H groups in total. The van der Waals surface area contributed by atoms with Gasteiger partial charge in [-0.05, 0) is 76.7 Å². The Labute approximate surface area is 238 Å². The van der Waals surface area contributed by atoms with Gasteiger partial charge in [-0.25, -0.2) is 4.39 Å². The Morgan fingerprint density at radius 3 is 2.39 bits per heavy atom. The molecule has 7 heteroatoms. The summed E-state index contributed by atoms with van der Waals surface area (Å²) in [6.45, 7) is 4.66. The Kier molecular flexibility index (Phi) is 7.25. The van der Waals surface area contributed by atoms with Crippen molar-refractivity contribution in [3.8, 4) is 11.1 Å². The molecule has 6 nitrogen and oxygen atoms in total. The highest BCUT2D eigenvalue weighted by Gasteiger charge is 2.22. The Hall–Kier alpha value is -4.91. The number of anilines is 1. The van der Waals surface area contributed by atoms with Gasteiger partial charge >= 0.3 is 0 Å². The zero-order valence-corrected chi connectivity index (χ0v) is 22.7. The summed E-state index contributed by atoms with van der Waals surface area (Å²) in [5, 5.41) is 4.10. The number of nitrogens with one attached hydrogen (secondary N) is 2. The van der Waals surface area contributed by atoms with Gasteiger partial charge in [0, 0.05) is 55.6 Å². The molecule has 2 heterocycles. The van der Waals surface area contributed by atoms with Gasteiger partial charge in [0.15, 0.2) is 0 Å². The average molecular weight is 546 g/mol. The molecule has 0 bridgehead atoms. The van der Waals surface area contributed by atoms with Crippen molar-refractivity contribution in [2.75, 3.05) is 31.1 Å². The van der Waals surface area contributed by atoms with Crippen molar-refractivity contribution in [1.29, 1.82) is 0 Å². The standard InChI is InChI=1S/C34H30FN4O2/c1-23(40)38-16-18-39(19-17-38)30-14-12-24(13-15-30)25-7-4-9-28(20-25)34(41)37-33(27-8-5-10-29(35)21-27)32-22-26-6-2-3-11-31(26)36-32/h2-7,9-15,20-22,33,36H,16-19H2,1H3,(H,37,41)/t33-/m1/s1. The van der Waals surface area contributed by atoms with Crippen molar-refractivity contribution < 1.29 is 14.0 Å². The molecule has 0 saturated carbocycles. The summed E-state index contributed by atoms with van der Waals surface area (Å²) in [5.74, 6) is -0.543. The van der Waals surface area contributed by atoms with E-state index in [0.717, 1.165) is 59.6 Å². The molecule has 1 fully saturated rings. The van der Waals surface area contributed by atoms with Crippen LogP contribution < -0.4 is 10.2 Å². The number of fused-ring (bicyclic) bond motifs is 1. The number of hydrogen-bond donors (Lipinski definition) is 2. The van der Waals surface area contributed by atoms with E-state index < -0.39 is 6.04 Å². The number of benzene rings is 4. The van der Waals surface area contributed by atoms with Crippen LogP contribution in [0.1, 0.15) is 34.6 Å². The second-order valence-electron chi connectivity index (χ2n) is 10.3. The first kappa shape index (κ1) is 26.3. The number of nitrogens with zero attached hydrogens (tertiary/aromatic N) is 2. The van der Waals surface area contributed by atoms with Crippen LogP contribution in [0.5, 0.6) is 0 Å². The van der Waals surface area contributed by atoms with Crippen molar-refractivity contribution in [3.05, 3.63) is 126 Å². The Bertz CT molecular complexity index is 1670. The highest BCUT2D eigenvalue weighted by molar-refractivity contribution is 5.96. The smallest absolute Gasteiger partial charge is 0.252 e. The van der Waals surface area contributed by atoms with Gasteiger partial charge in [0.05, 0.1) is 6.04 Å². The fourth-order valence-electron chi connectivity index (χ4n) is 5.40. The Morgan fingerprint density at radius 1 is 0.878 bits per heavy atom. The molecule has 1 aliphatic heterocycles. The fourth-order valence-corrected chi connectivity index (χ4v) is 5.40. The summed E-state index contributed by atoms with van der Waals surface area (Å²) in [6, 6.07) is 32.3. The number of carbonyl (C=O) groups is 2. The lowest BCUT2D eigenvalue weighted by Crippen LogP contribution is -2.48. The van der Waals surface area contributed by atoms with Gasteiger partial charge in [0.25, 0.3) is 5.91 Å². The van der Waals surface area contributed by atoms with Gasteiger partial charge in [-0.1, -0.05) is 48.5 Å². The van der Waals surface area contributed by atoms with Crippen LogP contribution >= 0.6 is 0 Å². The summed E-state index contributed by atoms with van der Waals surface area (Å²) in [6.07, 6.45) is 0. The number of aromatic nitrogens is 1. The third kappa shape index (κ3) is 5.70. The zero-order valence-electron chi connectivity index (χ0n) is 22.7. The van der Waals surface area contributed by atoms with E-state index in [4.69, 9.17) is 0 Å². The third-order valence-corrected chi connectivity index (χ3v) is 7.65. The number of piperazine rings is 1.